The molecule has 3 aromatic rings. The van der Waals surface area contributed by atoms with Crippen LogP contribution in [0.2, 0.25) is 0 Å². The highest BCUT2D eigenvalue weighted by atomic mass is 16.5. The summed E-state index contributed by atoms with van der Waals surface area (Å²) in [4.78, 5) is 29.7. The number of benzene rings is 2. The van der Waals surface area contributed by atoms with E-state index in [1.165, 1.54) is 4.90 Å². The van der Waals surface area contributed by atoms with Crippen LogP contribution in [0, 0.1) is 13.8 Å². The van der Waals surface area contributed by atoms with Crippen molar-refractivity contribution >= 4 is 23.3 Å². The molecule has 1 saturated heterocycles. The average Bonchev–Trinajstić information content (AvgIpc) is 3.10. The van der Waals surface area contributed by atoms with Gasteiger partial charge in [0.05, 0.1) is 17.3 Å². The maximum Gasteiger partial charge on any atom is 0.301 e. The van der Waals surface area contributed by atoms with E-state index >= 15 is 0 Å². The molecule has 1 aliphatic heterocycles. The lowest BCUT2D eigenvalue weighted by Gasteiger charge is -2.24. The molecule has 2 heterocycles. The van der Waals surface area contributed by atoms with Crippen LogP contribution < -0.4 is 9.64 Å². The molecular formula is C27H28N4O4. The number of aryl methyl sites for hydroxylation is 2. The molecule has 1 unspecified atom stereocenters. The molecule has 0 spiro atoms. The highest BCUT2D eigenvalue weighted by molar-refractivity contribution is 6.51. The van der Waals surface area contributed by atoms with E-state index in [1.807, 2.05) is 38.1 Å². The first-order valence-corrected chi connectivity index (χ1v) is 11.3. The standard InChI is InChI=1S/C27H28N4O4/c1-17-5-8-20(9-6-17)25(32)23-24(19-10-12-21(13-11-19)35-16-15-30(3)4)31(27(34)26(23)33)22-14-7-18(2)28-29-22/h5-14,24,32H,15-16H2,1-4H3. The molecule has 35 heavy (non-hydrogen) atoms. The molecule has 180 valence electrons. The van der Waals surface area contributed by atoms with E-state index < -0.39 is 17.7 Å². The zero-order valence-electron chi connectivity index (χ0n) is 20.2. The quantitative estimate of drug-likeness (QED) is 0.318. The molecule has 1 N–H and O–H groups in total. The first-order chi connectivity index (χ1) is 16.8. The third-order valence-corrected chi connectivity index (χ3v) is 5.80. The first kappa shape index (κ1) is 24.1. The Morgan fingerprint density at radius 2 is 1.66 bits per heavy atom. The van der Waals surface area contributed by atoms with Gasteiger partial charge in [-0.2, -0.15) is 5.10 Å². The van der Waals surface area contributed by atoms with Crippen molar-refractivity contribution in [3.8, 4) is 5.75 Å². The van der Waals surface area contributed by atoms with E-state index in [0.29, 0.717) is 29.2 Å². The number of likely N-dealkylation sites (N-methyl/N-ethyl adjacent to an activating group) is 1. The summed E-state index contributed by atoms with van der Waals surface area (Å²) in [6, 6.07) is 16.8. The molecule has 2 aromatic carbocycles. The molecule has 0 saturated carbocycles. The molecule has 1 aliphatic rings. The molecule has 1 fully saturated rings. The van der Waals surface area contributed by atoms with Gasteiger partial charge in [0.2, 0.25) is 0 Å². The van der Waals surface area contributed by atoms with Crippen molar-refractivity contribution in [2.24, 2.45) is 0 Å². The number of nitrogens with zero attached hydrogens (tertiary/aromatic N) is 4. The zero-order valence-corrected chi connectivity index (χ0v) is 20.2. The van der Waals surface area contributed by atoms with Crippen molar-refractivity contribution in [1.82, 2.24) is 15.1 Å². The number of aliphatic hydroxyl groups is 1. The van der Waals surface area contributed by atoms with Crippen LogP contribution in [0.15, 0.2) is 66.2 Å². The molecule has 0 radical (unpaired) electrons. The van der Waals surface area contributed by atoms with Crippen LogP contribution in [-0.4, -0.2) is 59.1 Å². The summed E-state index contributed by atoms with van der Waals surface area (Å²) in [6.07, 6.45) is 0. The zero-order chi connectivity index (χ0) is 25.1. The largest absolute Gasteiger partial charge is 0.507 e. The number of amides is 1. The minimum atomic E-state index is -0.871. The number of Topliss-reactive ketones (excluding diaryl/α,β-unsaturated/α-hetero) is 1. The molecule has 1 aromatic heterocycles. The second-order valence-electron chi connectivity index (χ2n) is 8.79. The van der Waals surface area contributed by atoms with Gasteiger partial charge in [0, 0.05) is 12.1 Å². The van der Waals surface area contributed by atoms with E-state index in [1.54, 1.807) is 55.5 Å². The van der Waals surface area contributed by atoms with Crippen LogP contribution in [0.1, 0.15) is 28.4 Å². The number of rotatable bonds is 7. The van der Waals surface area contributed by atoms with Crippen molar-refractivity contribution in [2.75, 3.05) is 32.1 Å². The number of ketones is 1. The van der Waals surface area contributed by atoms with Gasteiger partial charge in [0.1, 0.15) is 18.1 Å². The van der Waals surface area contributed by atoms with Crippen molar-refractivity contribution < 1.29 is 19.4 Å². The fraction of sp³-hybridized carbons (Fsp3) is 0.259. The predicted molar refractivity (Wildman–Crippen MR) is 133 cm³/mol. The van der Waals surface area contributed by atoms with E-state index in [2.05, 4.69) is 10.2 Å². The van der Waals surface area contributed by atoms with Gasteiger partial charge in [-0.05, 0) is 57.8 Å². The number of ether oxygens (including phenoxy) is 1. The van der Waals surface area contributed by atoms with Crippen molar-refractivity contribution in [2.45, 2.75) is 19.9 Å². The fourth-order valence-corrected chi connectivity index (χ4v) is 3.86. The van der Waals surface area contributed by atoms with Gasteiger partial charge in [-0.3, -0.25) is 14.5 Å². The monoisotopic (exact) mass is 472 g/mol. The SMILES string of the molecule is Cc1ccc(C(O)=C2C(=O)C(=O)N(c3ccc(C)nn3)C2c2ccc(OCCN(C)C)cc2)cc1. The van der Waals surface area contributed by atoms with Crippen LogP contribution in [0.3, 0.4) is 0 Å². The Balaban J connectivity index is 1.79. The van der Waals surface area contributed by atoms with Gasteiger partial charge in [0.15, 0.2) is 5.82 Å². The summed E-state index contributed by atoms with van der Waals surface area (Å²) in [5, 5.41) is 19.4. The Bertz CT molecular complexity index is 1250. The van der Waals surface area contributed by atoms with Crippen molar-refractivity contribution in [3.05, 3.63) is 88.6 Å². The number of hydrogen-bond donors (Lipinski definition) is 1. The van der Waals surface area contributed by atoms with Crippen molar-refractivity contribution in [1.29, 1.82) is 0 Å². The van der Waals surface area contributed by atoms with Crippen LogP contribution >= 0.6 is 0 Å². The van der Waals surface area contributed by atoms with E-state index in [0.717, 1.165) is 12.1 Å². The normalized spacial score (nSPS) is 17.3. The van der Waals surface area contributed by atoms with Crippen LogP contribution in [-0.2, 0) is 9.59 Å². The number of hydrogen-bond acceptors (Lipinski definition) is 7. The third kappa shape index (κ3) is 5.07. The van der Waals surface area contributed by atoms with Crippen molar-refractivity contribution in [3.63, 3.8) is 0 Å². The molecule has 1 amide bonds. The summed E-state index contributed by atoms with van der Waals surface area (Å²) in [7, 11) is 3.94. The Morgan fingerprint density at radius 3 is 2.26 bits per heavy atom. The molecular weight excluding hydrogens is 444 g/mol. The molecule has 8 heteroatoms. The summed E-state index contributed by atoms with van der Waals surface area (Å²) in [5.41, 5.74) is 2.79. The maximum atomic E-state index is 13.2. The molecule has 8 nitrogen and oxygen atoms in total. The number of aromatic nitrogens is 2. The first-order valence-electron chi connectivity index (χ1n) is 11.3. The van der Waals surface area contributed by atoms with Crippen LogP contribution in [0.4, 0.5) is 5.82 Å². The summed E-state index contributed by atoms with van der Waals surface area (Å²) in [5.74, 6) is -0.879. The number of anilines is 1. The molecule has 0 aliphatic carbocycles. The lowest BCUT2D eigenvalue weighted by atomic mass is 9.95. The topological polar surface area (TPSA) is 95.9 Å². The van der Waals surface area contributed by atoms with Gasteiger partial charge in [-0.25, -0.2) is 0 Å². The lowest BCUT2D eigenvalue weighted by Crippen LogP contribution is -2.30. The number of carbonyl (C=O) groups excluding carboxylic acids is 2. The van der Waals surface area contributed by atoms with Gasteiger partial charge < -0.3 is 14.7 Å². The van der Waals surface area contributed by atoms with E-state index in [9.17, 15) is 14.7 Å². The summed E-state index contributed by atoms with van der Waals surface area (Å²) in [6.45, 7) is 5.01. The van der Waals surface area contributed by atoms with Gasteiger partial charge in [0.25, 0.3) is 5.78 Å². The minimum Gasteiger partial charge on any atom is -0.507 e. The van der Waals surface area contributed by atoms with E-state index in [-0.39, 0.29) is 17.2 Å². The maximum absolute atomic E-state index is 13.2. The second-order valence-corrected chi connectivity index (χ2v) is 8.79. The smallest absolute Gasteiger partial charge is 0.301 e. The van der Waals surface area contributed by atoms with Gasteiger partial charge >= 0.3 is 5.91 Å². The molecule has 1 atom stereocenters. The van der Waals surface area contributed by atoms with Gasteiger partial charge in [-0.1, -0.05) is 42.0 Å². The number of aliphatic hydroxyl groups excluding tert-OH is 1. The number of carbonyl (C=O) groups is 2. The Hall–Kier alpha value is -4.04. The molecule has 0 bridgehead atoms. The minimum absolute atomic E-state index is 0.00232. The van der Waals surface area contributed by atoms with Gasteiger partial charge in [-0.15, -0.1) is 5.10 Å². The van der Waals surface area contributed by atoms with Crippen LogP contribution in [0.25, 0.3) is 5.76 Å². The summed E-state index contributed by atoms with van der Waals surface area (Å²) < 4.78 is 5.78. The Labute approximate surface area is 204 Å². The van der Waals surface area contributed by atoms with Crippen LogP contribution in [0.5, 0.6) is 5.75 Å². The fourth-order valence-electron chi connectivity index (χ4n) is 3.86. The average molecular weight is 473 g/mol. The Morgan fingerprint density at radius 1 is 0.971 bits per heavy atom. The van der Waals surface area contributed by atoms with E-state index in [4.69, 9.17) is 4.74 Å². The highest BCUT2D eigenvalue weighted by Crippen LogP contribution is 2.41. The lowest BCUT2D eigenvalue weighted by molar-refractivity contribution is -0.132. The second kappa shape index (κ2) is 10.1. The predicted octanol–water partition coefficient (Wildman–Crippen LogP) is 3.66. The third-order valence-electron chi connectivity index (χ3n) is 5.80. The molecule has 4 rings (SSSR count). The highest BCUT2D eigenvalue weighted by Gasteiger charge is 2.47. The Kier molecular flexibility index (Phi) is 6.93. The summed E-state index contributed by atoms with van der Waals surface area (Å²) >= 11 is 0.